The van der Waals surface area contributed by atoms with Gasteiger partial charge in [-0.05, 0) is 67.8 Å². The van der Waals surface area contributed by atoms with Crippen molar-refractivity contribution < 1.29 is 18.0 Å². The zero-order chi connectivity index (χ0) is 27.3. The summed E-state index contributed by atoms with van der Waals surface area (Å²) in [5, 5.41) is 5.71. The van der Waals surface area contributed by atoms with E-state index in [0.29, 0.717) is 22.5 Å². The van der Waals surface area contributed by atoms with Gasteiger partial charge in [0.05, 0.1) is 27.9 Å². The van der Waals surface area contributed by atoms with E-state index in [0.717, 1.165) is 11.1 Å². The predicted octanol–water partition coefficient (Wildman–Crippen LogP) is 5.85. The summed E-state index contributed by atoms with van der Waals surface area (Å²) in [5.74, 6) is -0.874. The fourth-order valence-corrected chi connectivity index (χ4v) is 5.40. The third-order valence-electron chi connectivity index (χ3n) is 6.20. The van der Waals surface area contributed by atoms with Crippen LogP contribution >= 0.6 is 0 Å². The molecule has 4 rings (SSSR count). The molecule has 0 heterocycles. The normalized spacial score (nSPS) is 11.9. The van der Waals surface area contributed by atoms with Crippen molar-refractivity contribution in [3.05, 3.63) is 125 Å². The van der Waals surface area contributed by atoms with Crippen LogP contribution in [0.1, 0.15) is 50.4 Å². The Hall–Kier alpha value is -4.43. The lowest BCUT2D eigenvalue weighted by atomic mass is 10.1. The zero-order valence-corrected chi connectivity index (χ0v) is 22.2. The third kappa shape index (κ3) is 6.10. The number of para-hydroxylation sites is 2. The summed E-state index contributed by atoms with van der Waals surface area (Å²) in [5.41, 5.74) is 3.45. The maximum atomic E-state index is 13.2. The minimum atomic E-state index is -3.95. The van der Waals surface area contributed by atoms with Crippen LogP contribution in [-0.2, 0) is 10.0 Å². The molecule has 4 aromatic rings. The van der Waals surface area contributed by atoms with E-state index in [1.807, 2.05) is 56.3 Å². The van der Waals surface area contributed by atoms with E-state index in [1.54, 1.807) is 55.5 Å². The SMILES string of the molecule is Cc1ccccc1NS(=O)(=O)c1cc(C(=O)Nc2ccccc2C(=O)N[C@@H](C)c2ccccc2)ccc1C. The van der Waals surface area contributed by atoms with Crippen LogP contribution < -0.4 is 15.4 Å². The van der Waals surface area contributed by atoms with Crippen LogP contribution in [0.2, 0.25) is 0 Å². The first kappa shape index (κ1) is 26.6. The van der Waals surface area contributed by atoms with Crippen LogP contribution in [0.15, 0.2) is 102 Å². The summed E-state index contributed by atoms with van der Waals surface area (Å²) >= 11 is 0. The van der Waals surface area contributed by atoms with Crippen molar-refractivity contribution in [1.29, 1.82) is 0 Å². The number of anilines is 2. The number of hydrogen-bond acceptors (Lipinski definition) is 4. The van der Waals surface area contributed by atoms with E-state index < -0.39 is 15.9 Å². The highest BCUT2D eigenvalue weighted by atomic mass is 32.2. The van der Waals surface area contributed by atoms with Crippen LogP contribution in [0.25, 0.3) is 0 Å². The van der Waals surface area contributed by atoms with Crippen molar-refractivity contribution in [3.63, 3.8) is 0 Å². The molecule has 0 saturated carbocycles. The zero-order valence-electron chi connectivity index (χ0n) is 21.4. The molecule has 38 heavy (non-hydrogen) atoms. The summed E-state index contributed by atoms with van der Waals surface area (Å²) in [6, 6.07) is 27.5. The van der Waals surface area contributed by atoms with Crippen LogP contribution in [0.4, 0.5) is 11.4 Å². The molecule has 0 aromatic heterocycles. The van der Waals surface area contributed by atoms with Gasteiger partial charge in [-0.2, -0.15) is 0 Å². The molecular formula is C30H29N3O4S. The number of carbonyl (C=O) groups is 2. The van der Waals surface area contributed by atoms with Crippen LogP contribution in [-0.4, -0.2) is 20.2 Å². The standard InChI is InChI=1S/C30H29N3O4S/c1-20-11-7-9-15-26(20)33-38(36,37)28-19-24(18-17-21(28)2)29(34)32-27-16-10-8-14-25(27)30(35)31-22(3)23-12-5-4-6-13-23/h4-19,22,33H,1-3H3,(H,31,35)(H,32,34)/t22-/m0/s1. The van der Waals surface area contributed by atoms with Crippen LogP contribution in [0.3, 0.4) is 0 Å². The van der Waals surface area contributed by atoms with Crippen molar-refractivity contribution in [2.45, 2.75) is 31.7 Å². The van der Waals surface area contributed by atoms with Gasteiger partial charge in [0.1, 0.15) is 0 Å². The molecule has 0 aliphatic carbocycles. The molecule has 0 fully saturated rings. The predicted molar refractivity (Wildman–Crippen MR) is 150 cm³/mol. The number of hydrogen-bond donors (Lipinski definition) is 3. The first-order chi connectivity index (χ1) is 18.2. The van der Waals surface area contributed by atoms with Gasteiger partial charge in [-0.3, -0.25) is 14.3 Å². The average Bonchev–Trinajstić information content (AvgIpc) is 2.90. The number of carbonyl (C=O) groups excluding carboxylic acids is 2. The molecular weight excluding hydrogens is 498 g/mol. The maximum absolute atomic E-state index is 13.2. The average molecular weight is 528 g/mol. The minimum absolute atomic E-state index is 0.00360. The van der Waals surface area contributed by atoms with Crippen molar-refractivity contribution in [1.82, 2.24) is 5.32 Å². The summed E-state index contributed by atoms with van der Waals surface area (Å²) in [7, 11) is -3.95. The Kier molecular flexibility index (Phi) is 7.93. The Morgan fingerprint density at radius 3 is 2.05 bits per heavy atom. The van der Waals surface area contributed by atoms with E-state index in [-0.39, 0.29) is 22.4 Å². The summed E-state index contributed by atoms with van der Waals surface area (Å²) < 4.78 is 29.0. The molecule has 0 aliphatic rings. The molecule has 0 spiro atoms. The Bertz CT molecular complexity index is 1580. The third-order valence-corrected chi connectivity index (χ3v) is 7.70. The lowest BCUT2D eigenvalue weighted by Gasteiger charge is -2.17. The van der Waals surface area contributed by atoms with E-state index in [2.05, 4.69) is 15.4 Å². The highest BCUT2D eigenvalue weighted by molar-refractivity contribution is 7.92. The fraction of sp³-hybridized carbons (Fsp3) is 0.133. The van der Waals surface area contributed by atoms with Crippen molar-refractivity contribution >= 4 is 33.2 Å². The Morgan fingerprint density at radius 1 is 0.711 bits per heavy atom. The second-order valence-corrected chi connectivity index (χ2v) is 10.7. The second kappa shape index (κ2) is 11.3. The molecule has 0 bridgehead atoms. The molecule has 8 heteroatoms. The highest BCUT2D eigenvalue weighted by Gasteiger charge is 2.21. The maximum Gasteiger partial charge on any atom is 0.262 e. The molecule has 194 valence electrons. The van der Waals surface area contributed by atoms with E-state index in [9.17, 15) is 18.0 Å². The molecule has 0 unspecified atom stereocenters. The number of benzene rings is 4. The molecule has 0 aliphatic heterocycles. The lowest BCUT2D eigenvalue weighted by Crippen LogP contribution is -2.28. The Labute approximate surface area is 223 Å². The van der Waals surface area contributed by atoms with Gasteiger partial charge in [0, 0.05) is 5.56 Å². The fourth-order valence-electron chi connectivity index (χ4n) is 4.00. The Morgan fingerprint density at radius 2 is 1.34 bits per heavy atom. The Balaban J connectivity index is 1.55. The van der Waals surface area contributed by atoms with Gasteiger partial charge in [0.15, 0.2) is 0 Å². The van der Waals surface area contributed by atoms with E-state index in [1.165, 1.54) is 6.07 Å². The minimum Gasteiger partial charge on any atom is -0.345 e. The molecule has 2 amide bonds. The van der Waals surface area contributed by atoms with Gasteiger partial charge < -0.3 is 10.6 Å². The van der Waals surface area contributed by atoms with Crippen LogP contribution in [0.5, 0.6) is 0 Å². The highest BCUT2D eigenvalue weighted by Crippen LogP contribution is 2.24. The summed E-state index contributed by atoms with van der Waals surface area (Å²) in [4.78, 5) is 26.2. The lowest BCUT2D eigenvalue weighted by molar-refractivity contribution is 0.0940. The van der Waals surface area contributed by atoms with Gasteiger partial charge >= 0.3 is 0 Å². The summed E-state index contributed by atoms with van der Waals surface area (Å²) in [6.45, 7) is 5.36. The molecule has 1 atom stereocenters. The van der Waals surface area contributed by atoms with E-state index >= 15 is 0 Å². The number of amides is 2. The first-order valence-corrected chi connectivity index (χ1v) is 13.6. The molecule has 7 nitrogen and oxygen atoms in total. The van der Waals surface area contributed by atoms with Gasteiger partial charge in [0.25, 0.3) is 21.8 Å². The summed E-state index contributed by atoms with van der Waals surface area (Å²) in [6.07, 6.45) is 0. The van der Waals surface area contributed by atoms with Crippen molar-refractivity contribution in [2.75, 3.05) is 10.0 Å². The van der Waals surface area contributed by atoms with Gasteiger partial charge in [-0.1, -0.05) is 66.7 Å². The number of nitrogens with one attached hydrogen (secondary N) is 3. The van der Waals surface area contributed by atoms with E-state index in [4.69, 9.17) is 0 Å². The monoisotopic (exact) mass is 527 g/mol. The topological polar surface area (TPSA) is 104 Å². The second-order valence-electron chi connectivity index (χ2n) is 9.01. The molecule has 0 saturated heterocycles. The molecule has 3 N–H and O–H groups in total. The van der Waals surface area contributed by atoms with Gasteiger partial charge in [0.2, 0.25) is 0 Å². The molecule has 0 radical (unpaired) electrons. The quantitative estimate of drug-likeness (QED) is 0.267. The van der Waals surface area contributed by atoms with Crippen LogP contribution in [0, 0.1) is 13.8 Å². The largest absolute Gasteiger partial charge is 0.345 e. The van der Waals surface area contributed by atoms with Crippen molar-refractivity contribution in [2.24, 2.45) is 0 Å². The number of sulfonamides is 1. The van der Waals surface area contributed by atoms with Crippen molar-refractivity contribution in [3.8, 4) is 0 Å². The van der Waals surface area contributed by atoms with Gasteiger partial charge in [-0.15, -0.1) is 0 Å². The van der Waals surface area contributed by atoms with Gasteiger partial charge in [-0.25, -0.2) is 8.42 Å². The smallest absolute Gasteiger partial charge is 0.262 e. The number of rotatable bonds is 8. The first-order valence-electron chi connectivity index (χ1n) is 12.1. The molecule has 4 aromatic carbocycles. The number of aryl methyl sites for hydroxylation is 2.